The van der Waals surface area contributed by atoms with Gasteiger partial charge in [-0.25, -0.2) is 4.39 Å². The molecule has 4 nitrogen and oxygen atoms in total. The van der Waals surface area contributed by atoms with Gasteiger partial charge in [-0.05, 0) is 60.6 Å². The summed E-state index contributed by atoms with van der Waals surface area (Å²) in [5.41, 5.74) is 4.08. The van der Waals surface area contributed by atoms with E-state index in [2.05, 4.69) is 5.32 Å². The summed E-state index contributed by atoms with van der Waals surface area (Å²) in [6.07, 6.45) is 3.33. The number of aromatic nitrogens is 1. The first-order chi connectivity index (χ1) is 13.9. The van der Waals surface area contributed by atoms with Crippen LogP contribution in [0.5, 0.6) is 0 Å². The van der Waals surface area contributed by atoms with Crippen molar-refractivity contribution in [1.82, 2.24) is 0 Å². The van der Waals surface area contributed by atoms with Gasteiger partial charge in [0, 0.05) is 17.3 Å². The Labute approximate surface area is 174 Å². The molecule has 2 N–H and O–H groups in total. The van der Waals surface area contributed by atoms with Crippen molar-refractivity contribution in [3.63, 3.8) is 0 Å². The smallest absolute Gasteiger partial charge is 0.238 e. The first kappa shape index (κ1) is 20.6. The lowest BCUT2D eigenvalue weighted by Gasteiger charge is -2.18. The number of rotatable bonds is 5. The van der Waals surface area contributed by atoms with Crippen LogP contribution in [-0.2, 0) is 6.61 Å². The minimum absolute atomic E-state index is 0.171. The van der Waals surface area contributed by atoms with Gasteiger partial charge in [-0.15, -0.1) is 0 Å². The van der Waals surface area contributed by atoms with E-state index in [0.29, 0.717) is 11.1 Å². The fraction of sp³-hybridized carbons (Fsp3) is 0.130. The van der Waals surface area contributed by atoms with Crippen LogP contribution in [0.15, 0.2) is 67.0 Å². The largest absolute Gasteiger partial charge is 0.867 e. The number of hydrogen-bond acceptors (Lipinski definition) is 3. The molecular formula is C23H21FN2O2S. The van der Waals surface area contributed by atoms with Gasteiger partial charge in [0.15, 0.2) is 17.4 Å². The molecule has 0 saturated heterocycles. The molecule has 0 bridgehead atoms. The summed E-state index contributed by atoms with van der Waals surface area (Å²) in [5, 5.41) is 25.9. The number of hydrogen-bond donors (Lipinski definition) is 2. The van der Waals surface area contributed by atoms with Crippen molar-refractivity contribution in [3.8, 4) is 0 Å². The van der Waals surface area contributed by atoms with Crippen molar-refractivity contribution in [3.05, 3.63) is 95.1 Å². The van der Waals surface area contributed by atoms with Gasteiger partial charge in [-0.2, -0.15) is 4.57 Å². The summed E-state index contributed by atoms with van der Waals surface area (Å²) >= 11 is 5.60. The summed E-state index contributed by atoms with van der Waals surface area (Å²) < 4.78 is 14.9. The van der Waals surface area contributed by atoms with E-state index in [1.165, 1.54) is 24.3 Å². The van der Waals surface area contributed by atoms with Gasteiger partial charge < -0.3 is 15.5 Å². The molecule has 0 amide bonds. The fourth-order valence-electron chi connectivity index (χ4n) is 2.90. The van der Waals surface area contributed by atoms with E-state index < -0.39 is 5.82 Å². The lowest BCUT2D eigenvalue weighted by Crippen LogP contribution is -2.40. The van der Waals surface area contributed by atoms with Crippen LogP contribution < -0.4 is 15.0 Å². The molecule has 29 heavy (non-hydrogen) atoms. The number of thiocarbonyl (C=S) groups is 1. The quantitative estimate of drug-likeness (QED) is 0.294. The van der Waals surface area contributed by atoms with Crippen molar-refractivity contribution in [2.24, 2.45) is 0 Å². The number of halogens is 1. The molecule has 3 aromatic rings. The Bertz CT molecular complexity index is 1080. The van der Waals surface area contributed by atoms with Crippen molar-refractivity contribution in [2.75, 3.05) is 5.32 Å². The molecule has 0 aliphatic rings. The molecule has 0 radical (unpaired) electrons. The van der Waals surface area contributed by atoms with Crippen LogP contribution in [0.2, 0.25) is 0 Å². The maximum atomic E-state index is 13.3. The molecule has 0 aliphatic carbocycles. The van der Waals surface area contributed by atoms with E-state index in [1.54, 1.807) is 29.1 Å². The minimum Gasteiger partial charge on any atom is -0.867 e. The molecule has 1 aromatic heterocycles. The van der Waals surface area contributed by atoms with Gasteiger partial charge >= 0.3 is 0 Å². The Balaban J connectivity index is 2.11. The van der Waals surface area contributed by atoms with Gasteiger partial charge in [0.2, 0.25) is 5.70 Å². The predicted octanol–water partition coefficient (Wildman–Crippen LogP) is 3.35. The molecule has 0 unspecified atom stereocenters. The Kier molecular flexibility index (Phi) is 6.36. The standard InChI is InChI=1S/C23H21FN2O2S/c1-15-5-3-7-20(16(15)2)25-23(29)21(26-12-4-6-17(13-26)14-27)22(28)18-8-10-19(24)11-9-18/h3-13,27H,14H2,1-2H3,(H-,25,28,29). The summed E-state index contributed by atoms with van der Waals surface area (Å²) in [5.74, 6) is -0.776. The van der Waals surface area contributed by atoms with Crippen molar-refractivity contribution < 1.29 is 19.2 Å². The Morgan fingerprint density at radius 2 is 1.83 bits per heavy atom. The van der Waals surface area contributed by atoms with E-state index in [9.17, 15) is 14.6 Å². The van der Waals surface area contributed by atoms with E-state index >= 15 is 0 Å². The van der Waals surface area contributed by atoms with Crippen LogP contribution in [-0.4, -0.2) is 10.1 Å². The third-order valence-electron chi connectivity index (χ3n) is 4.69. The van der Waals surface area contributed by atoms with Crippen LogP contribution in [0.3, 0.4) is 0 Å². The zero-order valence-corrected chi connectivity index (χ0v) is 17.0. The van der Waals surface area contributed by atoms with Gasteiger partial charge in [0.05, 0.1) is 6.61 Å². The second kappa shape index (κ2) is 8.94. The molecule has 148 valence electrons. The topological polar surface area (TPSA) is 59.2 Å². The number of anilines is 1. The average molecular weight is 408 g/mol. The maximum absolute atomic E-state index is 13.3. The predicted molar refractivity (Wildman–Crippen MR) is 114 cm³/mol. The molecule has 2 aromatic carbocycles. The second-order valence-corrected chi connectivity index (χ2v) is 7.07. The van der Waals surface area contributed by atoms with Crippen LogP contribution in [0.1, 0.15) is 22.3 Å². The summed E-state index contributed by atoms with van der Waals surface area (Å²) in [6.45, 7) is 3.80. The van der Waals surface area contributed by atoms with Gasteiger partial charge in [-0.3, -0.25) is 0 Å². The van der Waals surface area contributed by atoms with Crippen LogP contribution in [0, 0.1) is 19.7 Å². The lowest BCUT2D eigenvalue weighted by atomic mass is 10.1. The molecule has 0 saturated carbocycles. The second-order valence-electron chi connectivity index (χ2n) is 6.66. The monoisotopic (exact) mass is 408 g/mol. The highest BCUT2D eigenvalue weighted by Crippen LogP contribution is 2.21. The van der Waals surface area contributed by atoms with Crippen molar-refractivity contribution in [2.45, 2.75) is 20.5 Å². The molecule has 1 heterocycles. The summed E-state index contributed by atoms with van der Waals surface area (Å²) in [7, 11) is 0. The number of benzene rings is 2. The number of pyridine rings is 1. The van der Waals surface area contributed by atoms with Gasteiger partial charge in [0.25, 0.3) is 0 Å². The Morgan fingerprint density at radius 3 is 2.52 bits per heavy atom. The zero-order valence-electron chi connectivity index (χ0n) is 16.1. The van der Waals surface area contributed by atoms with E-state index in [1.807, 2.05) is 32.0 Å². The summed E-state index contributed by atoms with van der Waals surface area (Å²) in [6, 6.07) is 14.6. The molecule has 0 atom stereocenters. The normalized spacial score (nSPS) is 11.7. The summed E-state index contributed by atoms with van der Waals surface area (Å²) in [4.78, 5) is 0.230. The highest BCUT2D eigenvalue weighted by Gasteiger charge is 2.20. The maximum Gasteiger partial charge on any atom is 0.238 e. The van der Waals surface area contributed by atoms with Crippen LogP contribution in [0.4, 0.5) is 10.1 Å². The minimum atomic E-state index is -0.422. The van der Waals surface area contributed by atoms with E-state index in [0.717, 1.165) is 16.8 Å². The number of aliphatic hydroxyl groups is 1. The highest BCUT2D eigenvalue weighted by molar-refractivity contribution is 7.81. The molecule has 3 rings (SSSR count). The molecular weight excluding hydrogens is 387 g/mol. The lowest BCUT2D eigenvalue weighted by molar-refractivity contribution is -0.578. The molecule has 0 spiro atoms. The van der Waals surface area contributed by atoms with Crippen molar-refractivity contribution >= 4 is 34.3 Å². The highest BCUT2D eigenvalue weighted by atomic mass is 32.1. The fourth-order valence-corrected chi connectivity index (χ4v) is 3.21. The van der Waals surface area contributed by atoms with Crippen LogP contribution in [0.25, 0.3) is 11.5 Å². The van der Waals surface area contributed by atoms with Crippen molar-refractivity contribution in [1.29, 1.82) is 0 Å². The SMILES string of the molecule is Cc1cccc(NC(=S)C(=C([O-])c2ccc(F)cc2)[n+]2cccc(CO)c2)c1C. The van der Waals surface area contributed by atoms with E-state index in [4.69, 9.17) is 12.2 Å². The number of nitrogens with one attached hydrogen (secondary N) is 1. The van der Waals surface area contributed by atoms with E-state index in [-0.39, 0.29) is 23.1 Å². The number of aliphatic hydroxyl groups excluding tert-OH is 1. The third-order valence-corrected chi connectivity index (χ3v) is 4.99. The number of nitrogens with zero attached hydrogens (tertiary/aromatic N) is 1. The molecule has 0 aliphatic heterocycles. The van der Waals surface area contributed by atoms with Gasteiger partial charge in [0.1, 0.15) is 5.82 Å². The first-order valence-corrected chi connectivity index (χ1v) is 9.47. The zero-order chi connectivity index (χ0) is 21.0. The van der Waals surface area contributed by atoms with Crippen LogP contribution >= 0.6 is 12.2 Å². The first-order valence-electron chi connectivity index (χ1n) is 9.07. The number of aryl methyl sites for hydroxylation is 1. The average Bonchev–Trinajstić information content (AvgIpc) is 2.72. The van der Waals surface area contributed by atoms with Gasteiger partial charge in [-0.1, -0.05) is 36.5 Å². The Hall–Kier alpha value is -3.09. The molecule has 6 heteroatoms. The Morgan fingerprint density at radius 1 is 1.10 bits per heavy atom. The third kappa shape index (κ3) is 4.67. The molecule has 0 fully saturated rings.